The number of aromatic nitrogens is 2. The Morgan fingerprint density at radius 3 is 2.51 bits per heavy atom. The minimum absolute atomic E-state index is 0.00594. The van der Waals surface area contributed by atoms with Crippen LogP contribution in [0.4, 0.5) is 5.82 Å². The predicted molar refractivity (Wildman–Crippen MR) is 129 cm³/mol. The highest BCUT2D eigenvalue weighted by Gasteiger charge is 2.57. The van der Waals surface area contributed by atoms with E-state index in [2.05, 4.69) is 14.9 Å². The summed E-state index contributed by atoms with van der Waals surface area (Å²) < 4.78 is 5.59. The molecule has 1 unspecified atom stereocenters. The van der Waals surface area contributed by atoms with Crippen LogP contribution in [0.1, 0.15) is 44.1 Å². The van der Waals surface area contributed by atoms with Crippen LogP contribution < -0.4 is 9.64 Å². The molecule has 3 fully saturated rings. The lowest BCUT2D eigenvalue weighted by Crippen LogP contribution is -2.51. The van der Waals surface area contributed by atoms with Crippen LogP contribution in [-0.4, -0.2) is 76.8 Å². The Kier molecular flexibility index (Phi) is 6.40. The van der Waals surface area contributed by atoms with E-state index in [1.54, 1.807) is 36.7 Å². The zero-order chi connectivity index (χ0) is 24.4. The number of imide groups is 1. The summed E-state index contributed by atoms with van der Waals surface area (Å²) in [7, 11) is 1.55. The first-order valence-electron chi connectivity index (χ1n) is 12.3. The number of hydrogen-bond acceptors (Lipinski definition) is 7. The molecule has 9 heteroatoms. The van der Waals surface area contributed by atoms with Gasteiger partial charge in [-0.2, -0.15) is 0 Å². The Morgan fingerprint density at radius 1 is 1.09 bits per heavy atom. The van der Waals surface area contributed by atoms with Crippen LogP contribution >= 0.6 is 0 Å². The molecule has 2 aromatic rings. The Labute approximate surface area is 205 Å². The zero-order valence-corrected chi connectivity index (χ0v) is 20.1. The number of para-hydroxylation sites is 1. The van der Waals surface area contributed by atoms with E-state index in [9.17, 15) is 14.4 Å². The lowest BCUT2D eigenvalue weighted by Gasteiger charge is -2.37. The number of amides is 3. The van der Waals surface area contributed by atoms with Crippen LogP contribution in [0.25, 0.3) is 0 Å². The topological polar surface area (TPSA) is 95.9 Å². The van der Waals surface area contributed by atoms with E-state index in [1.165, 1.54) is 4.90 Å². The maximum atomic E-state index is 14.0. The van der Waals surface area contributed by atoms with Gasteiger partial charge in [0.05, 0.1) is 18.7 Å². The smallest absolute Gasteiger partial charge is 0.241 e. The van der Waals surface area contributed by atoms with Crippen LogP contribution in [0.2, 0.25) is 0 Å². The van der Waals surface area contributed by atoms with Crippen LogP contribution in [0.15, 0.2) is 42.9 Å². The number of ether oxygens (including phenoxy) is 1. The van der Waals surface area contributed by atoms with E-state index in [4.69, 9.17) is 4.74 Å². The monoisotopic (exact) mass is 477 g/mol. The number of piperazine rings is 1. The zero-order valence-electron chi connectivity index (χ0n) is 20.1. The molecule has 1 atom stereocenters. The van der Waals surface area contributed by atoms with Gasteiger partial charge in [0, 0.05) is 63.0 Å². The summed E-state index contributed by atoms with van der Waals surface area (Å²) in [4.78, 5) is 54.7. The molecule has 0 bridgehead atoms. The van der Waals surface area contributed by atoms with E-state index in [-0.39, 0.29) is 36.6 Å². The largest absolute Gasteiger partial charge is 0.496 e. The number of benzene rings is 1. The van der Waals surface area contributed by atoms with Gasteiger partial charge in [0.1, 0.15) is 11.6 Å². The highest BCUT2D eigenvalue weighted by atomic mass is 16.5. The molecule has 0 spiro atoms. The van der Waals surface area contributed by atoms with Gasteiger partial charge in [-0.05, 0) is 18.9 Å². The van der Waals surface area contributed by atoms with Crippen LogP contribution in [0.3, 0.4) is 0 Å². The fourth-order valence-corrected chi connectivity index (χ4v) is 5.79. The highest BCUT2D eigenvalue weighted by Crippen LogP contribution is 2.46. The number of anilines is 1. The molecule has 1 aliphatic carbocycles. The van der Waals surface area contributed by atoms with E-state index in [1.807, 2.05) is 18.2 Å². The lowest BCUT2D eigenvalue weighted by atomic mass is 9.75. The maximum Gasteiger partial charge on any atom is 0.241 e. The predicted octanol–water partition coefficient (Wildman–Crippen LogP) is 2.16. The number of carbonyl (C=O) groups is 3. The first-order chi connectivity index (χ1) is 17.0. The van der Waals surface area contributed by atoms with E-state index in [0.29, 0.717) is 37.5 Å². The van der Waals surface area contributed by atoms with Crippen LogP contribution in [-0.2, 0) is 19.8 Å². The summed E-state index contributed by atoms with van der Waals surface area (Å²) in [5.74, 6) is 0.749. The number of nitrogens with zero attached hydrogens (tertiary/aromatic N) is 5. The van der Waals surface area contributed by atoms with Crippen molar-refractivity contribution in [3.8, 4) is 5.75 Å². The third-order valence-electron chi connectivity index (χ3n) is 7.62. The minimum atomic E-state index is -1.24. The van der Waals surface area contributed by atoms with Crippen molar-refractivity contribution < 1.29 is 19.1 Å². The molecule has 0 N–H and O–H groups in total. The van der Waals surface area contributed by atoms with E-state index >= 15 is 0 Å². The van der Waals surface area contributed by atoms with Crippen molar-refractivity contribution in [1.82, 2.24) is 19.8 Å². The van der Waals surface area contributed by atoms with Crippen molar-refractivity contribution in [3.63, 3.8) is 0 Å². The van der Waals surface area contributed by atoms with Gasteiger partial charge >= 0.3 is 0 Å². The molecule has 2 saturated heterocycles. The number of hydrogen-bond donors (Lipinski definition) is 0. The van der Waals surface area contributed by atoms with Crippen molar-refractivity contribution >= 4 is 23.5 Å². The molecule has 184 valence electrons. The van der Waals surface area contributed by atoms with Crippen molar-refractivity contribution in [3.05, 3.63) is 48.4 Å². The number of methoxy groups -OCH3 is 1. The molecule has 9 nitrogen and oxygen atoms in total. The quantitative estimate of drug-likeness (QED) is 0.589. The maximum absolute atomic E-state index is 14.0. The first kappa shape index (κ1) is 23.3. The number of rotatable bonds is 6. The van der Waals surface area contributed by atoms with Crippen LogP contribution in [0.5, 0.6) is 5.75 Å². The Morgan fingerprint density at radius 2 is 1.83 bits per heavy atom. The molecule has 35 heavy (non-hydrogen) atoms. The highest BCUT2D eigenvalue weighted by molar-refractivity contribution is 6.11. The fraction of sp³-hybridized carbons (Fsp3) is 0.500. The lowest BCUT2D eigenvalue weighted by molar-refractivity contribution is -0.144. The van der Waals surface area contributed by atoms with E-state index in [0.717, 1.165) is 31.5 Å². The SMILES string of the molecule is COc1ccccc1C1(CC(=O)N2CCN(c3cnccn3)CC2)CC(=O)N(C2CCCC2)C1=O. The third kappa shape index (κ3) is 4.24. The Bertz CT molecular complexity index is 1100. The van der Waals surface area contributed by atoms with Crippen molar-refractivity contribution in [2.75, 3.05) is 38.2 Å². The standard InChI is InChI=1S/C26H31N5O4/c1-35-21-9-5-4-8-20(21)26(17-24(33)31(25(26)34)19-6-2-3-7-19)16-23(32)30-14-12-29(13-15-30)22-18-27-10-11-28-22/h4-5,8-11,18-19H,2-3,6-7,12-17H2,1H3. The van der Waals surface area contributed by atoms with Gasteiger partial charge in [0.15, 0.2) is 0 Å². The van der Waals surface area contributed by atoms with Gasteiger partial charge in [-0.1, -0.05) is 31.0 Å². The molecule has 3 aliphatic rings. The second-order valence-electron chi connectivity index (χ2n) is 9.57. The molecule has 1 saturated carbocycles. The molecule has 3 heterocycles. The van der Waals surface area contributed by atoms with Gasteiger partial charge in [-0.15, -0.1) is 0 Å². The van der Waals surface area contributed by atoms with Gasteiger partial charge in [0.2, 0.25) is 17.7 Å². The molecule has 2 aliphatic heterocycles. The van der Waals surface area contributed by atoms with Crippen molar-refractivity contribution in [2.24, 2.45) is 0 Å². The fourth-order valence-electron chi connectivity index (χ4n) is 5.79. The van der Waals surface area contributed by atoms with Gasteiger partial charge in [0.25, 0.3) is 0 Å². The molecule has 0 radical (unpaired) electrons. The molecule has 1 aromatic heterocycles. The van der Waals surface area contributed by atoms with E-state index < -0.39 is 5.41 Å². The second kappa shape index (κ2) is 9.64. The summed E-state index contributed by atoms with van der Waals surface area (Å²) in [5, 5.41) is 0. The summed E-state index contributed by atoms with van der Waals surface area (Å²) in [6, 6.07) is 7.20. The first-order valence-corrected chi connectivity index (χ1v) is 12.3. The van der Waals surface area contributed by atoms with Crippen LogP contribution in [0, 0.1) is 0 Å². The summed E-state index contributed by atoms with van der Waals surface area (Å²) in [5.41, 5.74) is -0.626. The van der Waals surface area contributed by atoms with Gasteiger partial charge < -0.3 is 14.5 Å². The molecule has 3 amide bonds. The second-order valence-corrected chi connectivity index (χ2v) is 9.57. The molecule has 1 aromatic carbocycles. The number of carbonyl (C=O) groups excluding carboxylic acids is 3. The van der Waals surface area contributed by atoms with Crippen molar-refractivity contribution in [1.29, 1.82) is 0 Å². The summed E-state index contributed by atoms with van der Waals surface area (Å²) in [6.07, 6.45) is 8.64. The Hall–Kier alpha value is -3.49. The minimum Gasteiger partial charge on any atom is -0.496 e. The summed E-state index contributed by atoms with van der Waals surface area (Å²) in [6.45, 7) is 2.30. The average molecular weight is 478 g/mol. The van der Waals surface area contributed by atoms with Gasteiger partial charge in [-0.25, -0.2) is 4.98 Å². The third-order valence-corrected chi connectivity index (χ3v) is 7.62. The average Bonchev–Trinajstić information content (AvgIpc) is 3.51. The number of likely N-dealkylation sites (tertiary alicyclic amines) is 1. The molecular weight excluding hydrogens is 446 g/mol. The normalized spacial score (nSPS) is 23.3. The molecular formula is C26H31N5O4. The summed E-state index contributed by atoms with van der Waals surface area (Å²) >= 11 is 0. The Balaban J connectivity index is 1.40. The molecule has 5 rings (SSSR count). The van der Waals surface area contributed by atoms with Gasteiger partial charge in [-0.3, -0.25) is 24.3 Å². The van der Waals surface area contributed by atoms with Crippen molar-refractivity contribution in [2.45, 2.75) is 50.0 Å².